The second kappa shape index (κ2) is 8.74. The molecule has 0 radical (unpaired) electrons. The second-order valence-electron chi connectivity index (χ2n) is 5.95. The molecule has 0 saturated heterocycles. The molecule has 1 fully saturated rings. The minimum absolute atomic E-state index is 0.517. The topological polar surface area (TPSA) is 12.0 Å². The molecule has 1 aromatic carbocycles. The highest BCUT2D eigenvalue weighted by Gasteiger charge is 2.15. The predicted octanol–water partition coefficient (Wildman–Crippen LogP) is 5.42. The lowest BCUT2D eigenvalue weighted by Gasteiger charge is -2.17. The van der Waals surface area contributed by atoms with Gasteiger partial charge in [-0.2, -0.15) is 0 Å². The van der Waals surface area contributed by atoms with Crippen LogP contribution in [0.3, 0.4) is 0 Å². The third-order valence-corrected chi connectivity index (χ3v) is 5.54. The monoisotopic (exact) mass is 291 g/mol. The van der Waals surface area contributed by atoms with Crippen LogP contribution in [0.4, 0.5) is 0 Å². The van der Waals surface area contributed by atoms with Crippen molar-refractivity contribution < 1.29 is 0 Å². The number of hydrogen-bond acceptors (Lipinski definition) is 2. The van der Waals surface area contributed by atoms with E-state index in [4.69, 9.17) is 0 Å². The molecule has 0 aromatic heterocycles. The molecular weight excluding hydrogens is 262 g/mol. The zero-order chi connectivity index (χ0) is 14.2. The Balaban J connectivity index is 1.84. The van der Waals surface area contributed by atoms with Gasteiger partial charge in [-0.25, -0.2) is 0 Å². The van der Waals surface area contributed by atoms with Gasteiger partial charge in [-0.3, -0.25) is 0 Å². The number of nitrogens with one attached hydrogen (secondary N) is 1. The van der Waals surface area contributed by atoms with Gasteiger partial charge in [0.1, 0.15) is 0 Å². The Bertz CT molecular complexity index is 368. The van der Waals surface area contributed by atoms with E-state index < -0.39 is 0 Å². The molecule has 2 rings (SSSR count). The second-order valence-corrected chi connectivity index (χ2v) is 7.04. The van der Waals surface area contributed by atoms with E-state index in [9.17, 15) is 0 Å². The first kappa shape index (κ1) is 15.9. The molecule has 112 valence electrons. The van der Waals surface area contributed by atoms with Gasteiger partial charge < -0.3 is 5.32 Å². The van der Waals surface area contributed by atoms with E-state index in [1.165, 1.54) is 48.3 Å². The van der Waals surface area contributed by atoms with Crippen LogP contribution in [0.25, 0.3) is 0 Å². The largest absolute Gasteiger partial charge is 0.310 e. The molecule has 1 aromatic rings. The number of hydrogen-bond donors (Lipinski definition) is 1. The van der Waals surface area contributed by atoms with Crippen LogP contribution in [-0.4, -0.2) is 12.3 Å². The third kappa shape index (κ3) is 4.82. The van der Waals surface area contributed by atoms with E-state index in [1.54, 1.807) is 0 Å². The lowest BCUT2D eigenvalue weighted by molar-refractivity contribution is 0.518. The molecule has 1 aliphatic rings. The quantitative estimate of drug-likeness (QED) is 0.642. The van der Waals surface area contributed by atoms with Crippen molar-refractivity contribution in [1.82, 2.24) is 5.32 Å². The highest BCUT2D eigenvalue weighted by Crippen LogP contribution is 2.31. The van der Waals surface area contributed by atoms with Crippen LogP contribution >= 0.6 is 11.8 Å². The van der Waals surface area contributed by atoms with Crippen LogP contribution in [-0.2, 0) is 0 Å². The Morgan fingerprint density at radius 1 is 1.15 bits per heavy atom. The molecular formula is C18H29NS. The van der Waals surface area contributed by atoms with E-state index in [1.807, 2.05) is 11.8 Å². The van der Waals surface area contributed by atoms with Gasteiger partial charge in [0.15, 0.2) is 0 Å². The molecule has 1 saturated carbocycles. The van der Waals surface area contributed by atoms with Gasteiger partial charge in [-0.1, -0.05) is 38.8 Å². The lowest BCUT2D eigenvalue weighted by atomic mass is 10.0. The summed E-state index contributed by atoms with van der Waals surface area (Å²) in [5.41, 5.74) is 1.44. The molecule has 0 heterocycles. The zero-order valence-corrected chi connectivity index (χ0v) is 13.8. The van der Waals surface area contributed by atoms with Crippen molar-refractivity contribution in [3.8, 4) is 0 Å². The highest BCUT2D eigenvalue weighted by atomic mass is 32.2. The Labute approximate surface area is 128 Å². The van der Waals surface area contributed by atoms with Gasteiger partial charge in [0.25, 0.3) is 0 Å². The zero-order valence-electron chi connectivity index (χ0n) is 13.0. The molecule has 20 heavy (non-hydrogen) atoms. The van der Waals surface area contributed by atoms with Gasteiger partial charge >= 0.3 is 0 Å². The molecule has 1 N–H and O–H groups in total. The van der Waals surface area contributed by atoms with Crippen molar-refractivity contribution in [2.45, 2.75) is 63.3 Å². The smallest absolute Gasteiger partial charge is 0.0317 e. The van der Waals surface area contributed by atoms with Crippen LogP contribution in [0.2, 0.25) is 0 Å². The summed E-state index contributed by atoms with van der Waals surface area (Å²) in [6, 6.07) is 9.77. The molecule has 0 spiro atoms. The maximum atomic E-state index is 3.62. The van der Waals surface area contributed by atoms with Crippen LogP contribution in [0, 0.1) is 5.92 Å². The predicted molar refractivity (Wildman–Crippen MR) is 90.4 cm³/mol. The third-order valence-electron chi connectivity index (χ3n) is 4.29. The fourth-order valence-corrected chi connectivity index (χ4v) is 4.09. The average Bonchev–Trinajstić information content (AvgIpc) is 3.00. The molecule has 2 heteroatoms. The first-order chi connectivity index (χ1) is 9.83. The molecule has 0 bridgehead atoms. The molecule has 1 unspecified atom stereocenters. The first-order valence-corrected chi connectivity index (χ1v) is 9.28. The number of benzene rings is 1. The SMILES string of the molecule is CCCNC(CC)c1ccc(SCC2CCCC2)cc1. The average molecular weight is 292 g/mol. The maximum Gasteiger partial charge on any atom is 0.0317 e. The highest BCUT2D eigenvalue weighted by molar-refractivity contribution is 7.99. The van der Waals surface area contributed by atoms with Crippen LogP contribution in [0.15, 0.2) is 29.2 Å². The van der Waals surface area contributed by atoms with Crippen molar-refractivity contribution in [3.05, 3.63) is 29.8 Å². The Morgan fingerprint density at radius 3 is 2.45 bits per heavy atom. The van der Waals surface area contributed by atoms with Gasteiger partial charge in [0.2, 0.25) is 0 Å². The summed E-state index contributed by atoms with van der Waals surface area (Å²) in [6.07, 6.45) is 8.16. The van der Waals surface area contributed by atoms with Crippen molar-refractivity contribution in [2.24, 2.45) is 5.92 Å². The lowest BCUT2D eigenvalue weighted by Crippen LogP contribution is -2.21. The standard InChI is InChI=1S/C18H29NS/c1-3-13-19-18(4-2)16-9-11-17(12-10-16)20-14-15-7-5-6-8-15/h9-12,15,18-19H,3-8,13-14H2,1-2H3. The summed E-state index contributed by atoms with van der Waals surface area (Å²) in [4.78, 5) is 1.44. The summed E-state index contributed by atoms with van der Waals surface area (Å²) < 4.78 is 0. The molecule has 1 aliphatic carbocycles. The first-order valence-electron chi connectivity index (χ1n) is 8.29. The van der Waals surface area contributed by atoms with Crippen molar-refractivity contribution in [2.75, 3.05) is 12.3 Å². The fraction of sp³-hybridized carbons (Fsp3) is 0.667. The van der Waals surface area contributed by atoms with Crippen molar-refractivity contribution in [3.63, 3.8) is 0 Å². The van der Waals surface area contributed by atoms with E-state index in [-0.39, 0.29) is 0 Å². The minimum atomic E-state index is 0.517. The van der Waals surface area contributed by atoms with Gasteiger partial charge in [-0.15, -0.1) is 11.8 Å². The van der Waals surface area contributed by atoms with Crippen LogP contribution in [0.5, 0.6) is 0 Å². The van der Waals surface area contributed by atoms with E-state index in [2.05, 4.69) is 43.4 Å². The Hall–Kier alpha value is -0.470. The van der Waals surface area contributed by atoms with Gasteiger partial charge in [0, 0.05) is 16.7 Å². The molecule has 1 nitrogen and oxygen atoms in total. The van der Waals surface area contributed by atoms with Crippen LogP contribution in [0.1, 0.15) is 64.0 Å². The Morgan fingerprint density at radius 2 is 1.85 bits per heavy atom. The van der Waals surface area contributed by atoms with Gasteiger partial charge in [0.05, 0.1) is 0 Å². The van der Waals surface area contributed by atoms with E-state index >= 15 is 0 Å². The summed E-state index contributed by atoms with van der Waals surface area (Å²) in [5, 5.41) is 3.62. The number of rotatable bonds is 8. The van der Waals surface area contributed by atoms with Crippen molar-refractivity contribution >= 4 is 11.8 Å². The van der Waals surface area contributed by atoms with E-state index in [0.717, 1.165) is 18.9 Å². The van der Waals surface area contributed by atoms with Crippen molar-refractivity contribution in [1.29, 1.82) is 0 Å². The maximum absolute atomic E-state index is 3.62. The molecule has 0 amide bonds. The summed E-state index contributed by atoms with van der Waals surface area (Å²) in [5.74, 6) is 2.28. The van der Waals surface area contributed by atoms with Gasteiger partial charge in [-0.05, 0) is 55.8 Å². The molecule has 0 aliphatic heterocycles. The fourth-order valence-electron chi connectivity index (χ4n) is 3.00. The normalized spacial score (nSPS) is 17.5. The minimum Gasteiger partial charge on any atom is -0.310 e. The Kier molecular flexibility index (Phi) is 6.95. The summed E-state index contributed by atoms with van der Waals surface area (Å²) in [7, 11) is 0. The summed E-state index contributed by atoms with van der Waals surface area (Å²) in [6.45, 7) is 5.59. The van der Waals surface area contributed by atoms with E-state index in [0.29, 0.717) is 6.04 Å². The number of thioether (sulfide) groups is 1. The van der Waals surface area contributed by atoms with Crippen LogP contribution < -0.4 is 5.32 Å². The summed E-state index contributed by atoms with van der Waals surface area (Å²) >= 11 is 2.04. The molecule has 1 atom stereocenters.